The van der Waals surface area contributed by atoms with Gasteiger partial charge in [0.2, 0.25) is 0 Å². The Labute approximate surface area is 181 Å². The number of carbonyl (C=O) groups is 2. The van der Waals surface area contributed by atoms with Gasteiger partial charge in [0, 0.05) is 0 Å². The zero-order valence-electron chi connectivity index (χ0n) is 17.3. The van der Waals surface area contributed by atoms with Crippen molar-refractivity contribution < 1.29 is 23.8 Å². The van der Waals surface area contributed by atoms with E-state index >= 15 is 0 Å². The van der Waals surface area contributed by atoms with Crippen LogP contribution in [0.3, 0.4) is 0 Å². The van der Waals surface area contributed by atoms with Gasteiger partial charge in [-0.2, -0.15) is 0 Å². The maximum Gasteiger partial charge on any atom is 0.309 e. The highest BCUT2D eigenvalue weighted by Gasteiger charge is 2.18. The Kier molecular flexibility index (Phi) is 8.05. The maximum atomic E-state index is 12.5. The Morgan fingerprint density at radius 1 is 0.806 bits per heavy atom. The average Bonchev–Trinajstić information content (AvgIpc) is 2.82. The molecule has 0 unspecified atom stereocenters. The first kappa shape index (κ1) is 21.9. The fourth-order valence-corrected chi connectivity index (χ4v) is 2.99. The van der Waals surface area contributed by atoms with Crippen molar-refractivity contribution >= 4 is 11.9 Å². The minimum Gasteiger partial charge on any atom is -0.497 e. The van der Waals surface area contributed by atoms with E-state index < -0.39 is 5.97 Å². The third-order valence-corrected chi connectivity index (χ3v) is 4.57. The largest absolute Gasteiger partial charge is 0.497 e. The highest BCUT2D eigenvalue weighted by atomic mass is 16.5. The van der Waals surface area contributed by atoms with E-state index in [9.17, 15) is 9.59 Å². The van der Waals surface area contributed by atoms with Gasteiger partial charge < -0.3 is 19.5 Å². The number of para-hydroxylation sites is 1. The van der Waals surface area contributed by atoms with Gasteiger partial charge in [-0.15, -0.1) is 0 Å². The first-order chi connectivity index (χ1) is 15.2. The second-order valence-corrected chi connectivity index (χ2v) is 6.76. The van der Waals surface area contributed by atoms with Gasteiger partial charge in [-0.1, -0.05) is 60.7 Å². The summed E-state index contributed by atoms with van der Waals surface area (Å²) in [5, 5.41) is 2.94. The van der Waals surface area contributed by atoms with Crippen LogP contribution in [-0.4, -0.2) is 32.2 Å². The van der Waals surface area contributed by atoms with Crippen LogP contribution in [0.1, 0.15) is 23.6 Å². The predicted molar refractivity (Wildman–Crippen MR) is 117 cm³/mol. The van der Waals surface area contributed by atoms with Crippen LogP contribution in [0.2, 0.25) is 0 Å². The third-order valence-electron chi connectivity index (χ3n) is 4.57. The van der Waals surface area contributed by atoms with Crippen molar-refractivity contribution in [3.63, 3.8) is 0 Å². The summed E-state index contributed by atoms with van der Waals surface area (Å²) in [5.74, 6) is 0.528. The summed E-state index contributed by atoms with van der Waals surface area (Å²) < 4.78 is 15.8. The minimum atomic E-state index is -0.494. The second kappa shape index (κ2) is 11.4. The topological polar surface area (TPSA) is 73.9 Å². The van der Waals surface area contributed by atoms with E-state index in [1.54, 1.807) is 7.11 Å². The summed E-state index contributed by atoms with van der Waals surface area (Å²) in [6.07, 6.45) is 0.0583. The average molecular weight is 419 g/mol. The number of nitrogens with one attached hydrogen (secondary N) is 1. The van der Waals surface area contributed by atoms with E-state index in [1.807, 2.05) is 84.9 Å². The Hall–Kier alpha value is -3.80. The lowest BCUT2D eigenvalue weighted by molar-refractivity contribution is -0.149. The van der Waals surface area contributed by atoms with Crippen LogP contribution in [-0.2, 0) is 14.3 Å². The van der Waals surface area contributed by atoms with Gasteiger partial charge in [0.05, 0.1) is 26.2 Å². The molecule has 3 rings (SSSR count). The quantitative estimate of drug-likeness (QED) is 0.505. The van der Waals surface area contributed by atoms with Gasteiger partial charge in [0.25, 0.3) is 5.91 Å². The molecule has 31 heavy (non-hydrogen) atoms. The van der Waals surface area contributed by atoms with Crippen molar-refractivity contribution in [3.8, 4) is 11.5 Å². The number of rotatable bonds is 10. The molecule has 6 nitrogen and oxygen atoms in total. The first-order valence-corrected chi connectivity index (χ1v) is 9.97. The van der Waals surface area contributed by atoms with Crippen LogP contribution >= 0.6 is 0 Å². The molecule has 0 aliphatic carbocycles. The zero-order chi connectivity index (χ0) is 21.9. The van der Waals surface area contributed by atoms with E-state index in [-0.39, 0.29) is 31.6 Å². The van der Waals surface area contributed by atoms with Crippen molar-refractivity contribution in [1.82, 2.24) is 5.32 Å². The molecule has 0 aromatic heterocycles. The van der Waals surface area contributed by atoms with Crippen molar-refractivity contribution in [2.24, 2.45) is 0 Å². The van der Waals surface area contributed by atoms with E-state index in [0.29, 0.717) is 5.75 Å². The van der Waals surface area contributed by atoms with Gasteiger partial charge in [0.1, 0.15) is 11.5 Å². The summed E-state index contributed by atoms with van der Waals surface area (Å²) >= 11 is 0. The van der Waals surface area contributed by atoms with Crippen LogP contribution < -0.4 is 14.8 Å². The number of hydrogen-bond donors (Lipinski definition) is 1. The van der Waals surface area contributed by atoms with E-state index in [0.717, 1.165) is 16.9 Å². The second-order valence-electron chi connectivity index (χ2n) is 6.76. The highest BCUT2D eigenvalue weighted by molar-refractivity contribution is 5.81. The smallest absolute Gasteiger partial charge is 0.309 e. The monoisotopic (exact) mass is 419 g/mol. The summed E-state index contributed by atoms with van der Waals surface area (Å²) in [7, 11) is 1.60. The van der Waals surface area contributed by atoms with Crippen molar-refractivity contribution in [3.05, 3.63) is 96.1 Å². The number of methoxy groups -OCH3 is 1. The van der Waals surface area contributed by atoms with Gasteiger partial charge >= 0.3 is 5.97 Å². The number of ether oxygens (including phenoxy) is 3. The van der Waals surface area contributed by atoms with Crippen LogP contribution in [0.5, 0.6) is 11.5 Å². The molecule has 0 saturated heterocycles. The summed E-state index contributed by atoms with van der Waals surface area (Å²) in [4.78, 5) is 24.4. The van der Waals surface area contributed by atoms with Crippen molar-refractivity contribution in [1.29, 1.82) is 0 Å². The zero-order valence-corrected chi connectivity index (χ0v) is 17.3. The van der Waals surface area contributed by atoms with Crippen molar-refractivity contribution in [2.45, 2.75) is 12.5 Å². The summed E-state index contributed by atoms with van der Waals surface area (Å²) in [5.41, 5.74) is 1.81. The lowest BCUT2D eigenvalue weighted by atomic mass is 9.98. The van der Waals surface area contributed by atoms with Gasteiger partial charge in [-0.3, -0.25) is 9.59 Å². The fourth-order valence-electron chi connectivity index (χ4n) is 2.99. The lowest BCUT2D eigenvalue weighted by Crippen LogP contribution is -2.33. The highest BCUT2D eigenvalue weighted by Crippen LogP contribution is 2.24. The summed E-state index contributed by atoms with van der Waals surface area (Å²) in [6.45, 7) is -0.174. The van der Waals surface area contributed by atoms with Crippen LogP contribution in [0.4, 0.5) is 0 Å². The Bertz CT molecular complexity index is 958. The maximum absolute atomic E-state index is 12.5. The molecule has 0 heterocycles. The van der Waals surface area contributed by atoms with Gasteiger partial charge in [-0.05, 0) is 35.4 Å². The number of esters is 1. The molecule has 0 fully saturated rings. The number of benzene rings is 3. The Morgan fingerprint density at radius 3 is 2.06 bits per heavy atom. The molecule has 0 bridgehead atoms. The number of hydrogen-bond acceptors (Lipinski definition) is 5. The van der Waals surface area contributed by atoms with E-state index in [4.69, 9.17) is 14.2 Å². The van der Waals surface area contributed by atoms with Crippen LogP contribution in [0.15, 0.2) is 84.9 Å². The molecule has 3 aromatic rings. The van der Waals surface area contributed by atoms with Crippen LogP contribution in [0.25, 0.3) is 0 Å². The minimum absolute atomic E-state index is 0.0583. The van der Waals surface area contributed by atoms with Crippen molar-refractivity contribution in [2.75, 3.05) is 20.3 Å². The normalized spacial score (nSPS) is 11.3. The standard InChI is InChI=1S/C25H25NO5/c1-29-21-14-12-20(13-15-21)25(19-8-4-2-5-9-19)26-23(27)18-31-24(28)16-17-30-22-10-6-3-7-11-22/h2-15,25H,16-18H2,1H3,(H,26,27)/t25-/m1/s1. The summed E-state index contributed by atoms with van der Waals surface area (Å²) in [6, 6.07) is 25.9. The van der Waals surface area contributed by atoms with Gasteiger partial charge in [0.15, 0.2) is 6.61 Å². The Morgan fingerprint density at radius 2 is 1.42 bits per heavy atom. The third kappa shape index (κ3) is 6.89. The first-order valence-electron chi connectivity index (χ1n) is 9.97. The number of amides is 1. The Balaban J connectivity index is 1.53. The predicted octanol–water partition coefficient (Wildman–Crippen LogP) is 3.91. The SMILES string of the molecule is COc1ccc([C@H](NC(=O)COC(=O)CCOc2ccccc2)c2ccccc2)cc1. The molecule has 3 aromatic carbocycles. The molecular weight excluding hydrogens is 394 g/mol. The molecule has 0 spiro atoms. The molecule has 6 heteroatoms. The molecule has 1 amide bonds. The molecule has 1 atom stereocenters. The molecule has 160 valence electrons. The molecule has 0 aliphatic rings. The molecule has 0 aliphatic heterocycles. The molecule has 0 saturated carbocycles. The van der Waals surface area contributed by atoms with Gasteiger partial charge in [-0.25, -0.2) is 0 Å². The lowest BCUT2D eigenvalue weighted by Gasteiger charge is -2.20. The molecule has 1 N–H and O–H groups in total. The molecule has 0 radical (unpaired) electrons. The van der Waals surface area contributed by atoms with E-state index in [1.165, 1.54) is 0 Å². The fraction of sp³-hybridized carbons (Fsp3) is 0.200. The molecular formula is C25H25NO5. The van der Waals surface area contributed by atoms with E-state index in [2.05, 4.69) is 5.32 Å². The number of carbonyl (C=O) groups excluding carboxylic acids is 2. The van der Waals surface area contributed by atoms with Crippen LogP contribution in [0, 0.1) is 0 Å².